The predicted molar refractivity (Wildman–Crippen MR) is 114 cm³/mol. The summed E-state index contributed by atoms with van der Waals surface area (Å²) in [6.07, 6.45) is 0. The second kappa shape index (κ2) is 9.54. The fraction of sp³-hybridized carbons (Fsp3) is 0.190. The van der Waals surface area contributed by atoms with Gasteiger partial charge in [0.2, 0.25) is 0 Å². The molecular formula is C21H20ClNO5S. The number of benzene rings is 2. The maximum atomic E-state index is 11.2. The van der Waals surface area contributed by atoms with E-state index in [4.69, 9.17) is 25.8 Å². The van der Waals surface area contributed by atoms with E-state index in [2.05, 4.69) is 5.32 Å². The molecule has 1 heterocycles. The van der Waals surface area contributed by atoms with Crippen LogP contribution >= 0.6 is 22.9 Å². The van der Waals surface area contributed by atoms with Crippen LogP contribution in [0.2, 0.25) is 5.02 Å². The van der Waals surface area contributed by atoms with E-state index in [0.717, 1.165) is 10.4 Å². The normalized spacial score (nSPS) is 10.4. The Labute approximate surface area is 177 Å². The molecule has 29 heavy (non-hydrogen) atoms. The zero-order chi connectivity index (χ0) is 20.8. The van der Waals surface area contributed by atoms with Crippen molar-refractivity contribution in [3.63, 3.8) is 0 Å². The Bertz CT molecular complexity index is 991. The second-order valence-electron chi connectivity index (χ2n) is 6.05. The quantitative estimate of drug-likeness (QED) is 0.476. The third-order valence-corrected chi connectivity index (χ3v) is 5.29. The number of carbonyl (C=O) groups is 1. The van der Waals surface area contributed by atoms with Gasteiger partial charge in [-0.2, -0.15) is 0 Å². The van der Waals surface area contributed by atoms with E-state index in [0.29, 0.717) is 41.1 Å². The number of hydrogen-bond donors (Lipinski definition) is 2. The molecule has 0 aliphatic carbocycles. The minimum Gasteiger partial charge on any atom is -0.495 e. The van der Waals surface area contributed by atoms with Crippen molar-refractivity contribution in [3.05, 3.63) is 68.9 Å². The lowest BCUT2D eigenvalue weighted by molar-refractivity contribution is 0.0697. The van der Waals surface area contributed by atoms with Crippen molar-refractivity contribution < 1.29 is 24.1 Å². The van der Waals surface area contributed by atoms with Crippen molar-refractivity contribution in [2.45, 2.75) is 13.2 Å². The van der Waals surface area contributed by atoms with E-state index in [9.17, 15) is 9.90 Å². The highest BCUT2D eigenvalue weighted by Crippen LogP contribution is 2.37. The van der Waals surface area contributed by atoms with Crippen LogP contribution in [0.4, 0.5) is 5.69 Å². The third kappa shape index (κ3) is 5.13. The molecule has 0 spiro atoms. The second-order valence-corrected chi connectivity index (χ2v) is 7.49. The van der Waals surface area contributed by atoms with Gasteiger partial charge in [0, 0.05) is 11.4 Å². The number of carboxylic acid groups (broad SMARTS) is 1. The lowest BCUT2D eigenvalue weighted by Crippen LogP contribution is -2.05. The van der Waals surface area contributed by atoms with E-state index >= 15 is 0 Å². The van der Waals surface area contributed by atoms with Gasteiger partial charge < -0.3 is 24.6 Å². The molecular weight excluding hydrogens is 414 g/mol. The van der Waals surface area contributed by atoms with Crippen LogP contribution in [0, 0.1) is 0 Å². The highest BCUT2D eigenvalue weighted by molar-refractivity contribution is 7.09. The number of carboxylic acids is 1. The highest BCUT2D eigenvalue weighted by Gasteiger charge is 2.14. The maximum Gasteiger partial charge on any atom is 0.335 e. The molecule has 1 aromatic heterocycles. The van der Waals surface area contributed by atoms with Crippen molar-refractivity contribution >= 4 is 34.6 Å². The van der Waals surface area contributed by atoms with Crippen molar-refractivity contribution in [3.8, 4) is 17.2 Å². The molecule has 6 nitrogen and oxygen atoms in total. The number of nitrogens with one attached hydrogen (secondary N) is 1. The molecule has 2 aromatic carbocycles. The molecule has 2 N–H and O–H groups in total. The van der Waals surface area contributed by atoms with E-state index in [1.807, 2.05) is 23.6 Å². The fourth-order valence-corrected chi connectivity index (χ4v) is 3.63. The molecule has 0 unspecified atom stereocenters. The van der Waals surface area contributed by atoms with Gasteiger partial charge in [-0.15, -0.1) is 11.3 Å². The molecule has 0 bridgehead atoms. The van der Waals surface area contributed by atoms with E-state index in [-0.39, 0.29) is 5.56 Å². The number of rotatable bonds is 9. The summed E-state index contributed by atoms with van der Waals surface area (Å²) in [5.41, 5.74) is 1.58. The lowest BCUT2D eigenvalue weighted by Gasteiger charge is -2.15. The van der Waals surface area contributed by atoms with Gasteiger partial charge in [-0.1, -0.05) is 17.7 Å². The van der Waals surface area contributed by atoms with Gasteiger partial charge >= 0.3 is 5.97 Å². The van der Waals surface area contributed by atoms with Crippen LogP contribution in [0.5, 0.6) is 17.2 Å². The first-order valence-corrected chi connectivity index (χ1v) is 9.94. The Hall–Kier alpha value is -2.90. The monoisotopic (exact) mass is 433 g/mol. The summed E-state index contributed by atoms with van der Waals surface area (Å²) in [5, 5.41) is 14.8. The number of thiophene rings is 1. The molecule has 0 aliphatic rings. The zero-order valence-corrected chi connectivity index (χ0v) is 17.5. The van der Waals surface area contributed by atoms with Crippen LogP contribution in [0.1, 0.15) is 20.8 Å². The van der Waals surface area contributed by atoms with Gasteiger partial charge in [0.15, 0.2) is 11.5 Å². The molecule has 0 saturated carbocycles. The fourth-order valence-electron chi connectivity index (χ4n) is 2.73. The van der Waals surface area contributed by atoms with Gasteiger partial charge in [-0.25, -0.2) is 4.79 Å². The molecule has 0 aliphatic heterocycles. The van der Waals surface area contributed by atoms with Crippen LogP contribution in [-0.4, -0.2) is 25.3 Å². The zero-order valence-electron chi connectivity index (χ0n) is 15.9. The summed E-state index contributed by atoms with van der Waals surface area (Å²) in [6, 6.07) is 12.2. The van der Waals surface area contributed by atoms with Crippen LogP contribution in [0.25, 0.3) is 0 Å². The minimum atomic E-state index is -1.01. The van der Waals surface area contributed by atoms with Crippen LogP contribution in [-0.2, 0) is 13.2 Å². The number of hydrogen-bond acceptors (Lipinski definition) is 6. The summed E-state index contributed by atoms with van der Waals surface area (Å²) >= 11 is 8.03. The van der Waals surface area contributed by atoms with Gasteiger partial charge in [-0.05, 0) is 47.3 Å². The molecule has 0 atom stereocenters. The van der Waals surface area contributed by atoms with Gasteiger partial charge in [0.1, 0.15) is 12.4 Å². The Morgan fingerprint density at radius 1 is 1.14 bits per heavy atom. The van der Waals surface area contributed by atoms with Gasteiger partial charge in [-0.3, -0.25) is 0 Å². The Kier molecular flexibility index (Phi) is 6.85. The summed E-state index contributed by atoms with van der Waals surface area (Å²) in [5.74, 6) is 0.547. The summed E-state index contributed by atoms with van der Waals surface area (Å²) in [4.78, 5) is 12.3. The lowest BCUT2D eigenvalue weighted by atomic mass is 10.1. The summed E-state index contributed by atoms with van der Waals surface area (Å²) < 4.78 is 16.6. The molecule has 3 aromatic rings. The number of anilines is 1. The number of halogens is 1. The molecule has 8 heteroatoms. The Morgan fingerprint density at radius 3 is 2.59 bits per heavy atom. The van der Waals surface area contributed by atoms with Gasteiger partial charge in [0.25, 0.3) is 0 Å². The molecule has 0 radical (unpaired) electrons. The predicted octanol–water partition coefficient (Wildman–Crippen LogP) is 5.31. The number of ether oxygens (including phenoxy) is 3. The van der Waals surface area contributed by atoms with Crippen molar-refractivity contribution in [1.82, 2.24) is 0 Å². The van der Waals surface area contributed by atoms with Crippen LogP contribution in [0.3, 0.4) is 0 Å². The standard InChI is InChI=1S/C21H20ClNO5S/c1-26-18-6-5-14(21(24)25)10-17(18)23-11-13-8-16(22)20(19(9-13)27-2)28-12-15-4-3-7-29-15/h3-10,23H,11-12H2,1-2H3,(H,24,25). The molecule has 0 amide bonds. The topological polar surface area (TPSA) is 77.0 Å². The van der Waals surface area contributed by atoms with Crippen LogP contribution in [0.15, 0.2) is 47.8 Å². The Morgan fingerprint density at radius 2 is 1.93 bits per heavy atom. The van der Waals surface area contributed by atoms with Crippen molar-refractivity contribution in [2.75, 3.05) is 19.5 Å². The third-order valence-electron chi connectivity index (χ3n) is 4.16. The first-order chi connectivity index (χ1) is 14.0. The first-order valence-electron chi connectivity index (χ1n) is 8.68. The Balaban J connectivity index is 1.77. The van der Waals surface area contributed by atoms with E-state index in [1.54, 1.807) is 30.6 Å². The van der Waals surface area contributed by atoms with Crippen molar-refractivity contribution in [2.24, 2.45) is 0 Å². The number of methoxy groups -OCH3 is 2. The van der Waals surface area contributed by atoms with Crippen molar-refractivity contribution in [1.29, 1.82) is 0 Å². The molecule has 0 saturated heterocycles. The smallest absolute Gasteiger partial charge is 0.335 e. The largest absolute Gasteiger partial charge is 0.495 e. The molecule has 152 valence electrons. The SMILES string of the molecule is COc1ccc(C(=O)O)cc1NCc1cc(Cl)c(OCc2cccs2)c(OC)c1. The number of aromatic carboxylic acids is 1. The molecule has 3 rings (SSSR count). The summed E-state index contributed by atoms with van der Waals surface area (Å²) in [6.45, 7) is 0.797. The van der Waals surface area contributed by atoms with E-state index in [1.165, 1.54) is 19.2 Å². The van der Waals surface area contributed by atoms with E-state index < -0.39 is 5.97 Å². The minimum absolute atomic E-state index is 0.168. The summed E-state index contributed by atoms with van der Waals surface area (Å²) in [7, 11) is 3.08. The highest BCUT2D eigenvalue weighted by atomic mass is 35.5. The molecule has 0 fully saturated rings. The van der Waals surface area contributed by atoms with Gasteiger partial charge in [0.05, 0.1) is 30.5 Å². The maximum absolute atomic E-state index is 11.2. The average Bonchev–Trinajstić information content (AvgIpc) is 3.24. The first kappa shape index (κ1) is 20.8. The van der Waals surface area contributed by atoms with Crippen LogP contribution < -0.4 is 19.5 Å². The average molecular weight is 434 g/mol.